The Hall–Kier alpha value is -1.39. The minimum absolute atomic E-state index is 0.0947. The first-order valence-corrected chi connectivity index (χ1v) is 6.99. The van der Waals surface area contributed by atoms with Crippen LogP contribution in [0, 0.1) is 0 Å². The average molecular weight is 338 g/mol. The van der Waals surface area contributed by atoms with Crippen LogP contribution in [0.25, 0.3) is 0 Å². The Labute approximate surface area is 124 Å². The first-order valence-electron chi connectivity index (χ1n) is 5.82. The fourth-order valence-corrected chi connectivity index (χ4v) is 2.81. The summed E-state index contributed by atoms with van der Waals surface area (Å²) in [6.07, 6.45) is 3.93. The molecule has 0 radical (unpaired) electrons. The molecule has 0 fully saturated rings. The molecular formula is C14H10BrClN2O. The minimum atomic E-state index is 0.0947. The first-order chi connectivity index (χ1) is 9.13. The lowest BCUT2D eigenvalue weighted by Crippen LogP contribution is -2.26. The number of anilines is 1. The third-order valence-electron chi connectivity index (χ3n) is 3.08. The fourth-order valence-electron chi connectivity index (χ4n) is 2.23. The third-order valence-corrected chi connectivity index (χ3v) is 3.75. The number of hydrogen-bond donors (Lipinski definition) is 0. The van der Waals surface area contributed by atoms with Gasteiger partial charge in [0, 0.05) is 27.6 Å². The molecule has 2 aromatic rings. The molecule has 5 heteroatoms. The zero-order valence-corrected chi connectivity index (χ0v) is 12.3. The summed E-state index contributed by atoms with van der Waals surface area (Å²) in [4.78, 5) is 18.0. The van der Waals surface area contributed by atoms with Gasteiger partial charge in [0.05, 0.1) is 13.0 Å². The molecule has 1 aliphatic heterocycles. The number of aromatic nitrogens is 1. The maximum Gasteiger partial charge on any atom is 0.231 e. The van der Waals surface area contributed by atoms with E-state index in [-0.39, 0.29) is 5.91 Å². The van der Waals surface area contributed by atoms with E-state index in [1.54, 1.807) is 17.3 Å². The van der Waals surface area contributed by atoms with Gasteiger partial charge in [0.25, 0.3) is 0 Å². The normalized spacial score (nSPS) is 13.8. The van der Waals surface area contributed by atoms with Crippen molar-refractivity contribution < 1.29 is 4.79 Å². The van der Waals surface area contributed by atoms with Crippen molar-refractivity contribution in [1.29, 1.82) is 0 Å². The number of carbonyl (C=O) groups excluding carboxylic acids is 1. The summed E-state index contributed by atoms with van der Waals surface area (Å²) in [7, 11) is 0. The third kappa shape index (κ3) is 2.51. The molecule has 0 unspecified atom stereocenters. The molecular weight excluding hydrogens is 328 g/mol. The number of nitrogens with zero attached hydrogens (tertiary/aromatic N) is 2. The number of pyridine rings is 1. The highest BCUT2D eigenvalue weighted by atomic mass is 79.9. The first kappa shape index (κ1) is 12.6. The van der Waals surface area contributed by atoms with Crippen molar-refractivity contribution in [2.75, 3.05) is 4.90 Å². The Morgan fingerprint density at radius 2 is 2.16 bits per heavy atom. The van der Waals surface area contributed by atoms with Gasteiger partial charge < -0.3 is 4.90 Å². The number of hydrogen-bond acceptors (Lipinski definition) is 2. The molecule has 1 aromatic heterocycles. The summed E-state index contributed by atoms with van der Waals surface area (Å²) >= 11 is 9.39. The minimum Gasteiger partial charge on any atom is -0.307 e. The Bertz CT molecular complexity index is 660. The van der Waals surface area contributed by atoms with Crippen molar-refractivity contribution in [3.63, 3.8) is 0 Å². The van der Waals surface area contributed by atoms with Crippen LogP contribution in [0.15, 0.2) is 41.1 Å². The Morgan fingerprint density at radius 1 is 1.32 bits per heavy atom. The van der Waals surface area contributed by atoms with Crippen LogP contribution in [0.5, 0.6) is 0 Å². The van der Waals surface area contributed by atoms with E-state index >= 15 is 0 Å². The van der Waals surface area contributed by atoms with Gasteiger partial charge in [-0.1, -0.05) is 17.7 Å². The zero-order valence-electron chi connectivity index (χ0n) is 9.94. The summed E-state index contributed by atoms with van der Waals surface area (Å²) in [5.41, 5.74) is 2.91. The molecule has 0 N–H and O–H groups in total. The number of amides is 1. The lowest BCUT2D eigenvalue weighted by Gasteiger charge is -2.17. The molecule has 1 aromatic carbocycles. The second-order valence-corrected chi connectivity index (χ2v) is 5.79. The maximum atomic E-state index is 12.1. The predicted octanol–water partition coefficient (Wildman–Crippen LogP) is 3.59. The number of fused-ring (bicyclic) bond motifs is 1. The van der Waals surface area contributed by atoms with Gasteiger partial charge >= 0.3 is 0 Å². The molecule has 0 atom stereocenters. The summed E-state index contributed by atoms with van der Waals surface area (Å²) in [5, 5.41) is 0.644. The number of halogens is 2. The Kier molecular flexibility index (Phi) is 3.29. The molecule has 3 nitrogen and oxygen atoms in total. The van der Waals surface area contributed by atoms with E-state index in [0.29, 0.717) is 18.0 Å². The summed E-state index contributed by atoms with van der Waals surface area (Å²) in [6, 6.07) is 7.53. The molecule has 2 heterocycles. The van der Waals surface area contributed by atoms with Gasteiger partial charge in [-0.05, 0) is 45.3 Å². The highest BCUT2D eigenvalue weighted by Crippen LogP contribution is 2.32. The smallest absolute Gasteiger partial charge is 0.231 e. The second kappa shape index (κ2) is 4.94. The second-order valence-electron chi connectivity index (χ2n) is 4.44. The van der Waals surface area contributed by atoms with E-state index in [9.17, 15) is 4.79 Å². The van der Waals surface area contributed by atoms with Gasteiger partial charge in [-0.2, -0.15) is 0 Å². The molecule has 96 valence electrons. The van der Waals surface area contributed by atoms with Crippen LogP contribution in [-0.4, -0.2) is 10.9 Å². The SMILES string of the molecule is O=C1Cc2ccc(Cl)cc2N1Cc1cncc(Br)c1. The van der Waals surface area contributed by atoms with Crippen LogP contribution < -0.4 is 4.90 Å². The molecule has 3 rings (SSSR count). The highest BCUT2D eigenvalue weighted by Gasteiger charge is 2.27. The number of benzene rings is 1. The average Bonchev–Trinajstić information content (AvgIpc) is 2.66. The van der Waals surface area contributed by atoms with Crippen LogP contribution in [0.1, 0.15) is 11.1 Å². The largest absolute Gasteiger partial charge is 0.307 e. The number of carbonyl (C=O) groups is 1. The Morgan fingerprint density at radius 3 is 2.95 bits per heavy atom. The summed E-state index contributed by atoms with van der Waals surface area (Å²) in [6.45, 7) is 0.513. The van der Waals surface area contributed by atoms with Crippen molar-refractivity contribution in [3.8, 4) is 0 Å². The van der Waals surface area contributed by atoms with Crippen LogP contribution in [0.3, 0.4) is 0 Å². The quantitative estimate of drug-likeness (QED) is 0.839. The summed E-state index contributed by atoms with van der Waals surface area (Å²) < 4.78 is 0.906. The van der Waals surface area contributed by atoms with Crippen LogP contribution in [-0.2, 0) is 17.8 Å². The van der Waals surface area contributed by atoms with E-state index in [1.807, 2.05) is 24.3 Å². The molecule has 0 spiro atoms. The van der Waals surface area contributed by atoms with Gasteiger partial charge in [0.15, 0.2) is 0 Å². The molecule has 19 heavy (non-hydrogen) atoms. The van der Waals surface area contributed by atoms with Gasteiger partial charge in [0.1, 0.15) is 0 Å². The topological polar surface area (TPSA) is 33.2 Å². The van der Waals surface area contributed by atoms with Gasteiger partial charge in [-0.25, -0.2) is 0 Å². The van der Waals surface area contributed by atoms with Crippen LogP contribution in [0.2, 0.25) is 5.02 Å². The van der Waals surface area contributed by atoms with Gasteiger partial charge in [0.2, 0.25) is 5.91 Å². The molecule has 0 aliphatic carbocycles. The molecule has 0 bridgehead atoms. The van der Waals surface area contributed by atoms with Crippen molar-refractivity contribution in [2.45, 2.75) is 13.0 Å². The van der Waals surface area contributed by atoms with Crippen LogP contribution >= 0.6 is 27.5 Å². The van der Waals surface area contributed by atoms with Crippen molar-refractivity contribution in [2.24, 2.45) is 0 Å². The van der Waals surface area contributed by atoms with Crippen molar-refractivity contribution in [3.05, 3.63) is 57.3 Å². The predicted molar refractivity (Wildman–Crippen MR) is 78.3 cm³/mol. The molecule has 0 saturated heterocycles. The molecule has 1 aliphatic rings. The molecule has 1 amide bonds. The lowest BCUT2D eigenvalue weighted by molar-refractivity contribution is -0.117. The van der Waals surface area contributed by atoms with E-state index in [2.05, 4.69) is 20.9 Å². The van der Waals surface area contributed by atoms with E-state index in [0.717, 1.165) is 21.3 Å². The van der Waals surface area contributed by atoms with Gasteiger partial charge in [-0.15, -0.1) is 0 Å². The van der Waals surface area contributed by atoms with E-state index in [1.165, 1.54) is 0 Å². The van der Waals surface area contributed by atoms with Crippen molar-refractivity contribution >= 4 is 39.1 Å². The standard InChI is InChI=1S/C14H10BrClN2O/c15-11-3-9(6-17-7-11)8-18-13-5-12(16)2-1-10(13)4-14(18)19/h1-3,5-7H,4,8H2. The summed E-state index contributed by atoms with van der Waals surface area (Å²) in [5.74, 6) is 0.0947. The fraction of sp³-hybridized carbons (Fsp3) is 0.143. The highest BCUT2D eigenvalue weighted by molar-refractivity contribution is 9.10. The molecule has 0 saturated carbocycles. The van der Waals surface area contributed by atoms with Crippen LogP contribution in [0.4, 0.5) is 5.69 Å². The lowest BCUT2D eigenvalue weighted by atomic mass is 10.2. The Balaban J connectivity index is 1.94. The maximum absolute atomic E-state index is 12.1. The van der Waals surface area contributed by atoms with E-state index < -0.39 is 0 Å². The van der Waals surface area contributed by atoms with Gasteiger partial charge in [-0.3, -0.25) is 9.78 Å². The number of rotatable bonds is 2. The monoisotopic (exact) mass is 336 g/mol. The van der Waals surface area contributed by atoms with Crippen molar-refractivity contribution in [1.82, 2.24) is 4.98 Å². The van der Waals surface area contributed by atoms with E-state index in [4.69, 9.17) is 11.6 Å². The zero-order chi connectivity index (χ0) is 13.4.